The number of aliphatic hydroxyl groups is 1. The second kappa shape index (κ2) is 7.78. The Labute approximate surface area is 146 Å². The SMILES string of the molecule is O=C(CCc1ncc(-c2ccccc2F)o1)NCC1(O)CCCCC1. The molecule has 0 spiro atoms. The Hall–Kier alpha value is -2.21. The summed E-state index contributed by atoms with van der Waals surface area (Å²) in [6, 6.07) is 6.32. The van der Waals surface area contributed by atoms with E-state index in [1.54, 1.807) is 18.2 Å². The van der Waals surface area contributed by atoms with Crippen LogP contribution in [0.4, 0.5) is 4.39 Å². The van der Waals surface area contributed by atoms with E-state index in [0.717, 1.165) is 32.1 Å². The Morgan fingerprint density at radius 1 is 1.28 bits per heavy atom. The van der Waals surface area contributed by atoms with Gasteiger partial charge in [-0.2, -0.15) is 0 Å². The third-order valence-corrected chi connectivity index (χ3v) is 4.66. The molecule has 1 aliphatic rings. The van der Waals surface area contributed by atoms with Gasteiger partial charge in [-0.25, -0.2) is 9.37 Å². The number of hydrogen-bond acceptors (Lipinski definition) is 4. The third-order valence-electron chi connectivity index (χ3n) is 4.66. The Kier molecular flexibility index (Phi) is 5.48. The molecule has 6 heteroatoms. The first-order valence-electron chi connectivity index (χ1n) is 8.74. The minimum absolute atomic E-state index is 0.148. The Bertz CT molecular complexity index is 723. The number of halogens is 1. The molecule has 0 saturated heterocycles. The molecular weight excluding hydrogens is 323 g/mol. The first-order valence-corrected chi connectivity index (χ1v) is 8.74. The quantitative estimate of drug-likeness (QED) is 0.842. The molecule has 0 bridgehead atoms. The van der Waals surface area contributed by atoms with Gasteiger partial charge in [-0.3, -0.25) is 4.79 Å². The van der Waals surface area contributed by atoms with E-state index in [4.69, 9.17) is 4.42 Å². The van der Waals surface area contributed by atoms with E-state index in [1.807, 2.05) is 0 Å². The standard InChI is InChI=1S/C19H23FN2O3/c20-15-7-3-2-6-14(15)16-12-21-18(25-16)9-8-17(23)22-13-19(24)10-4-1-5-11-19/h2-3,6-7,12,24H,1,4-5,8-11,13H2,(H,22,23). The average molecular weight is 346 g/mol. The molecule has 0 atom stereocenters. The molecule has 1 fully saturated rings. The van der Waals surface area contributed by atoms with Crippen molar-refractivity contribution in [3.8, 4) is 11.3 Å². The fourth-order valence-electron chi connectivity index (χ4n) is 3.17. The minimum Gasteiger partial charge on any atom is -0.441 e. The highest BCUT2D eigenvalue weighted by atomic mass is 19.1. The molecular formula is C19H23FN2O3. The van der Waals surface area contributed by atoms with Crippen molar-refractivity contribution in [2.24, 2.45) is 0 Å². The van der Waals surface area contributed by atoms with Crippen LogP contribution >= 0.6 is 0 Å². The predicted octanol–water partition coefficient (Wildman–Crippen LogP) is 3.22. The molecule has 0 unspecified atom stereocenters. The molecule has 1 aromatic carbocycles. The number of benzene rings is 1. The molecule has 2 aromatic rings. The van der Waals surface area contributed by atoms with Crippen molar-refractivity contribution in [2.75, 3.05) is 6.54 Å². The molecule has 0 radical (unpaired) electrons. The monoisotopic (exact) mass is 346 g/mol. The highest BCUT2D eigenvalue weighted by Gasteiger charge is 2.29. The molecule has 25 heavy (non-hydrogen) atoms. The summed E-state index contributed by atoms with van der Waals surface area (Å²) in [6.07, 6.45) is 6.63. The zero-order chi connectivity index (χ0) is 17.7. The molecule has 1 saturated carbocycles. The van der Waals surface area contributed by atoms with Crippen LogP contribution in [-0.4, -0.2) is 28.1 Å². The summed E-state index contributed by atoms with van der Waals surface area (Å²) in [6.45, 7) is 0.290. The van der Waals surface area contributed by atoms with E-state index in [2.05, 4.69) is 10.3 Å². The van der Waals surface area contributed by atoms with Gasteiger partial charge in [0.05, 0.1) is 17.4 Å². The molecule has 1 amide bonds. The van der Waals surface area contributed by atoms with Crippen molar-refractivity contribution in [3.05, 3.63) is 42.2 Å². The van der Waals surface area contributed by atoms with Gasteiger partial charge in [0.25, 0.3) is 0 Å². The summed E-state index contributed by atoms with van der Waals surface area (Å²) in [5.74, 6) is 0.225. The van der Waals surface area contributed by atoms with Gasteiger partial charge < -0.3 is 14.8 Å². The summed E-state index contributed by atoms with van der Waals surface area (Å²) in [4.78, 5) is 16.1. The summed E-state index contributed by atoms with van der Waals surface area (Å²) >= 11 is 0. The number of carbonyl (C=O) groups excluding carboxylic acids is 1. The lowest BCUT2D eigenvalue weighted by Gasteiger charge is -2.32. The largest absolute Gasteiger partial charge is 0.441 e. The van der Waals surface area contributed by atoms with Gasteiger partial charge >= 0.3 is 0 Å². The number of carbonyl (C=O) groups is 1. The molecule has 1 heterocycles. The van der Waals surface area contributed by atoms with Crippen molar-refractivity contribution >= 4 is 5.91 Å². The van der Waals surface area contributed by atoms with Crippen LogP contribution in [0.5, 0.6) is 0 Å². The number of oxazole rings is 1. The van der Waals surface area contributed by atoms with Crippen molar-refractivity contribution < 1.29 is 18.7 Å². The smallest absolute Gasteiger partial charge is 0.220 e. The predicted molar refractivity (Wildman–Crippen MR) is 91.3 cm³/mol. The highest BCUT2D eigenvalue weighted by molar-refractivity contribution is 5.76. The maximum atomic E-state index is 13.7. The number of rotatable bonds is 6. The lowest BCUT2D eigenvalue weighted by molar-refractivity contribution is -0.122. The first-order chi connectivity index (χ1) is 12.1. The van der Waals surface area contributed by atoms with Gasteiger partial charge in [-0.1, -0.05) is 31.4 Å². The van der Waals surface area contributed by atoms with E-state index < -0.39 is 5.60 Å². The highest BCUT2D eigenvalue weighted by Crippen LogP contribution is 2.27. The second-order valence-corrected chi connectivity index (χ2v) is 6.66. The summed E-state index contributed by atoms with van der Waals surface area (Å²) < 4.78 is 19.3. The van der Waals surface area contributed by atoms with Crippen LogP contribution < -0.4 is 5.32 Å². The number of aryl methyl sites for hydroxylation is 1. The first kappa shape index (κ1) is 17.6. The van der Waals surface area contributed by atoms with E-state index >= 15 is 0 Å². The Morgan fingerprint density at radius 3 is 2.80 bits per heavy atom. The second-order valence-electron chi connectivity index (χ2n) is 6.66. The Morgan fingerprint density at radius 2 is 2.04 bits per heavy atom. The van der Waals surface area contributed by atoms with Gasteiger partial charge in [0.2, 0.25) is 5.91 Å². The van der Waals surface area contributed by atoms with Crippen LogP contribution in [-0.2, 0) is 11.2 Å². The number of nitrogens with one attached hydrogen (secondary N) is 1. The topological polar surface area (TPSA) is 75.4 Å². The lowest BCUT2D eigenvalue weighted by Crippen LogP contribution is -2.44. The van der Waals surface area contributed by atoms with Crippen molar-refractivity contribution in [2.45, 2.75) is 50.5 Å². The normalized spacial score (nSPS) is 16.6. The molecule has 0 aliphatic heterocycles. The summed E-state index contributed by atoms with van der Waals surface area (Å²) in [7, 11) is 0. The number of hydrogen-bond donors (Lipinski definition) is 2. The maximum absolute atomic E-state index is 13.7. The van der Waals surface area contributed by atoms with Gasteiger partial charge in [-0.05, 0) is 25.0 Å². The summed E-state index contributed by atoms with van der Waals surface area (Å²) in [5, 5.41) is 13.2. The zero-order valence-corrected chi connectivity index (χ0v) is 14.1. The molecule has 5 nitrogen and oxygen atoms in total. The molecule has 134 valence electrons. The van der Waals surface area contributed by atoms with Crippen LogP contribution in [0.25, 0.3) is 11.3 Å². The fraction of sp³-hybridized carbons (Fsp3) is 0.474. The van der Waals surface area contributed by atoms with Crippen molar-refractivity contribution in [1.82, 2.24) is 10.3 Å². The van der Waals surface area contributed by atoms with Gasteiger partial charge in [-0.15, -0.1) is 0 Å². The van der Waals surface area contributed by atoms with Crippen LogP contribution in [0.15, 0.2) is 34.9 Å². The van der Waals surface area contributed by atoms with Crippen LogP contribution in [0.3, 0.4) is 0 Å². The van der Waals surface area contributed by atoms with E-state index in [9.17, 15) is 14.3 Å². The van der Waals surface area contributed by atoms with E-state index in [1.165, 1.54) is 12.3 Å². The van der Waals surface area contributed by atoms with Gasteiger partial charge in [0.1, 0.15) is 5.82 Å². The van der Waals surface area contributed by atoms with Crippen molar-refractivity contribution in [1.29, 1.82) is 0 Å². The third kappa shape index (κ3) is 4.66. The van der Waals surface area contributed by atoms with Crippen LogP contribution in [0.2, 0.25) is 0 Å². The molecule has 1 aromatic heterocycles. The molecule has 1 aliphatic carbocycles. The summed E-state index contributed by atoms with van der Waals surface area (Å²) in [5.41, 5.74) is -0.417. The molecule has 3 rings (SSSR count). The van der Waals surface area contributed by atoms with E-state index in [0.29, 0.717) is 23.6 Å². The number of nitrogens with zero attached hydrogens (tertiary/aromatic N) is 1. The van der Waals surface area contributed by atoms with Crippen molar-refractivity contribution in [3.63, 3.8) is 0 Å². The van der Waals surface area contributed by atoms with E-state index in [-0.39, 0.29) is 24.7 Å². The fourth-order valence-corrected chi connectivity index (χ4v) is 3.17. The van der Waals surface area contributed by atoms with Crippen LogP contribution in [0, 0.1) is 5.82 Å². The van der Waals surface area contributed by atoms with Gasteiger partial charge in [0.15, 0.2) is 11.7 Å². The number of amides is 1. The van der Waals surface area contributed by atoms with Gasteiger partial charge in [0, 0.05) is 19.4 Å². The number of aromatic nitrogens is 1. The molecule has 2 N–H and O–H groups in total. The average Bonchev–Trinajstić information content (AvgIpc) is 3.08. The minimum atomic E-state index is -0.769. The Balaban J connectivity index is 1.49. The lowest BCUT2D eigenvalue weighted by atomic mass is 9.85. The van der Waals surface area contributed by atoms with Crippen LogP contribution in [0.1, 0.15) is 44.4 Å². The zero-order valence-electron chi connectivity index (χ0n) is 14.1. The maximum Gasteiger partial charge on any atom is 0.220 e.